The molecule has 7 nitrogen and oxygen atoms in total. The molecule has 0 saturated carbocycles. The van der Waals surface area contributed by atoms with E-state index in [9.17, 15) is 18.3 Å². The van der Waals surface area contributed by atoms with Crippen molar-refractivity contribution in [1.29, 1.82) is 0 Å². The van der Waals surface area contributed by atoms with Crippen LogP contribution in [0.1, 0.15) is 12.8 Å². The van der Waals surface area contributed by atoms with E-state index in [1.165, 1.54) is 21.7 Å². The minimum absolute atomic E-state index is 0.0600. The molecule has 4 aromatic rings. The number of para-hydroxylation sites is 1. The van der Waals surface area contributed by atoms with Crippen LogP contribution in [0.5, 0.6) is 5.75 Å². The number of benzene rings is 2. The van der Waals surface area contributed by atoms with Crippen molar-refractivity contribution in [2.24, 2.45) is 0 Å². The number of nitrogens with one attached hydrogen (secondary N) is 1. The number of carbonyl (C=O) groups is 1. The van der Waals surface area contributed by atoms with Crippen LogP contribution in [-0.2, 0) is 14.8 Å². The molecule has 2 aromatic carbocycles. The van der Waals surface area contributed by atoms with Gasteiger partial charge in [0.2, 0.25) is 5.91 Å². The number of thiazole rings is 1. The molecule has 2 N–H and O–H groups in total. The molecule has 0 bridgehead atoms. The van der Waals surface area contributed by atoms with E-state index < -0.39 is 16.1 Å². The Morgan fingerprint density at radius 1 is 1.16 bits per heavy atom. The molecule has 1 unspecified atom stereocenters. The van der Waals surface area contributed by atoms with E-state index in [1.807, 2.05) is 24.3 Å². The fraction of sp³-hybridized carbons (Fsp3) is 0.182. The number of amides is 1. The van der Waals surface area contributed by atoms with Crippen molar-refractivity contribution in [2.45, 2.75) is 23.1 Å². The summed E-state index contributed by atoms with van der Waals surface area (Å²) in [6.07, 6.45) is 1.08. The van der Waals surface area contributed by atoms with Crippen LogP contribution in [0, 0.1) is 0 Å². The Balaban J connectivity index is 1.40. The highest BCUT2D eigenvalue weighted by atomic mass is 32.2. The lowest BCUT2D eigenvalue weighted by Crippen LogP contribution is -2.42. The first-order chi connectivity index (χ1) is 15.4. The fourth-order valence-electron chi connectivity index (χ4n) is 3.81. The number of carbonyl (C=O) groups excluding carboxylic acids is 1. The predicted molar refractivity (Wildman–Crippen MR) is 127 cm³/mol. The zero-order valence-corrected chi connectivity index (χ0v) is 19.2. The molecule has 1 amide bonds. The van der Waals surface area contributed by atoms with Gasteiger partial charge in [0.05, 0.1) is 15.8 Å². The molecule has 0 spiro atoms. The zero-order valence-electron chi connectivity index (χ0n) is 16.8. The van der Waals surface area contributed by atoms with Gasteiger partial charge in [-0.1, -0.05) is 18.2 Å². The number of rotatable bonds is 5. The molecule has 1 aliphatic rings. The Kier molecular flexibility index (Phi) is 5.46. The zero-order chi connectivity index (χ0) is 22.3. The molecule has 0 radical (unpaired) electrons. The molecule has 5 rings (SSSR count). The van der Waals surface area contributed by atoms with Crippen LogP contribution in [0.2, 0.25) is 0 Å². The number of thiophene rings is 1. The smallest absolute Gasteiger partial charge is 0.253 e. The number of sulfonamides is 1. The Bertz CT molecular complexity index is 1360. The Labute approximate surface area is 193 Å². The summed E-state index contributed by atoms with van der Waals surface area (Å²) in [6.45, 7) is 0.310. The normalized spacial score (nSPS) is 17.1. The molecule has 32 heavy (non-hydrogen) atoms. The maximum Gasteiger partial charge on any atom is 0.253 e. The summed E-state index contributed by atoms with van der Waals surface area (Å²) in [6, 6.07) is 14.9. The fourth-order valence-corrected chi connectivity index (χ4v) is 7.58. The molecule has 164 valence electrons. The number of aromatic hydroxyl groups is 1. The molecule has 1 atom stereocenters. The van der Waals surface area contributed by atoms with Gasteiger partial charge in [0.15, 0.2) is 0 Å². The van der Waals surface area contributed by atoms with E-state index in [4.69, 9.17) is 0 Å². The van der Waals surface area contributed by atoms with E-state index >= 15 is 0 Å². The minimum atomic E-state index is -3.71. The number of phenolic OH excluding ortho intramolecular Hbond substituents is 1. The lowest BCUT2D eigenvalue weighted by Gasteiger charge is -2.22. The van der Waals surface area contributed by atoms with Crippen LogP contribution in [-0.4, -0.2) is 41.3 Å². The van der Waals surface area contributed by atoms with Gasteiger partial charge in [-0.15, -0.1) is 22.7 Å². The van der Waals surface area contributed by atoms with Gasteiger partial charge in [-0.05, 0) is 54.6 Å². The summed E-state index contributed by atoms with van der Waals surface area (Å²) in [5, 5.41) is 15.6. The summed E-state index contributed by atoms with van der Waals surface area (Å²) in [7, 11) is -3.71. The second-order valence-electron chi connectivity index (χ2n) is 7.41. The first kappa shape index (κ1) is 21.1. The first-order valence-corrected chi connectivity index (χ1v) is 13.1. The van der Waals surface area contributed by atoms with Crippen molar-refractivity contribution in [3.05, 3.63) is 60.0 Å². The number of nitrogens with zero attached hydrogens (tertiary/aromatic N) is 2. The van der Waals surface area contributed by atoms with Crippen molar-refractivity contribution in [1.82, 2.24) is 9.29 Å². The van der Waals surface area contributed by atoms with Gasteiger partial charge in [0, 0.05) is 12.2 Å². The maximum atomic E-state index is 13.0. The minimum Gasteiger partial charge on any atom is -0.507 e. The van der Waals surface area contributed by atoms with Crippen LogP contribution >= 0.6 is 22.7 Å². The molecule has 10 heteroatoms. The highest BCUT2D eigenvalue weighted by molar-refractivity contribution is 7.91. The average Bonchev–Trinajstić information content (AvgIpc) is 3.55. The average molecular weight is 486 g/mol. The molecule has 0 aliphatic carbocycles. The SMILES string of the molecule is O=C(Nc1ccc(O)c(-c2nc3ccccc3s2)c1)C1CCCN1S(=O)(=O)c1cccs1. The van der Waals surface area contributed by atoms with Gasteiger partial charge in [0.1, 0.15) is 21.0 Å². The number of hydrogen-bond acceptors (Lipinski definition) is 7. The van der Waals surface area contributed by atoms with Crippen LogP contribution in [0.25, 0.3) is 20.8 Å². The third kappa shape index (κ3) is 3.79. The molecule has 1 saturated heterocycles. The quantitative estimate of drug-likeness (QED) is 0.405. The van der Waals surface area contributed by atoms with Crippen molar-refractivity contribution in [3.8, 4) is 16.3 Å². The summed E-state index contributed by atoms with van der Waals surface area (Å²) < 4.78 is 28.4. The van der Waals surface area contributed by atoms with Gasteiger partial charge < -0.3 is 10.4 Å². The van der Waals surface area contributed by atoms with Gasteiger partial charge in [-0.3, -0.25) is 4.79 Å². The molecular formula is C22H19N3O4S3. The van der Waals surface area contributed by atoms with Crippen molar-refractivity contribution in [2.75, 3.05) is 11.9 Å². The van der Waals surface area contributed by atoms with Crippen molar-refractivity contribution < 1.29 is 18.3 Å². The van der Waals surface area contributed by atoms with Crippen LogP contribution in [0.15, 0.2) is 64.2 Å². The Hall–Kier alpha value is -2.79. The Morgan fingerprint density at radius 3 is 2.78 bits per heavy atom. The van der Waals surface area contributed by atoms with E-state index in [2.05, 4.69) is 10.3 Å². The summed E-state index contributed by atoms with van der Waals surface area (Å²) in [5.74, 6) is -0.326. The summed E-state index contributed by atoms with van der Waals surface area (Å²) in [5.41, 5.74) is 1.82. The maximum absolute atomic E-state index is 13.0. The van der Waals surface area contributed by atoms with Gasteiger partial charge in [-0.25, -0.2) is 13.4 Å². The van der Waals surface area contributed by atoms with E-state index in [0.717, 1.165) is 21.6 Å². The third-order valence-corrected chi connectivity index (χ3v) is 9.70. The molecule has 1 fully saturated rings. The molecule has 2 aromatic heterocycles. The van der Waals surface area contributed by atoms with Crippen LogP contribution in [0.4, 0.5) is 5.69 Å². The number of hydrogen-bond donors (Lipinski definition) is 2. The molecule has 3 heterocycles. The number of anilines is 1. The van der Waals surface area contributed by atoms with Crippen LogP contribution in [0.3, 0.4) is 0 Å². The Morgan fingerprint density at radius 2 is 2.00 bits per heavy atom. The number of fused-ring (bicyclic) bond motifs is 1. The van der Waals surface area contributed by atoms with Crippen LogP contribution < -0.4 is 5.32 Å². The highest BCUT2D eigenvalue weighted by Crippen LogP contribution is 2.37. The lowest BCUT2D eigenvalue weighted by atomic mass is 10.1. The largest absolute Gasteiger partial charge is 0.507 e. The van der Waals surface area contributed by atoms with E-state index in [-0.39, 0.29) is 15.9 Å². The monoisotopic (exact) mass is 485 g/mol. The third-order valence-electron chi connectivity index (χ3n) is 5.35. The second kappa shape index (κ2) is 8.28. The first-order valence-electron chi connectivity index (χ1n) is 9.99. The standard InChI is InChI=1S/C22H19N3O4S3/c26-18-10-9-14(13-15(18)22-24-16-5-1-2-7-19(16)31-22)23-21(27)17-6-3-11-25(17)32(28,29)20-8-4-12-30-20/h1-2,4-5,7-10,12-13,17,26H,3,6,11H2,(H,23,27). The molecule has 1 aliphatic heterocycles. The van der Waals surface area contributed by atoms with Crippen molar-refractivity contribution in [3.63, 3.8) is 0 Å². The van der Waals surface area contributed by atoms with Gasteiger partial charge in [0.25, 0.3) is 10.0 Å². The highest BCUT2D eigenvalue weighted by Gasteiger charge is 2.39. The number of aromatic nitrogens is 1. The topological polar surface area (TPSA) is 99.6 Å². The van der Waals surface area contributed by atoms with Gasteiger partial charge >= 0.3 is 0 Å². The number of phenols is 1. The van der Waals surface area contributed by atoms with Crippen molar-refractivity contribution >= 4 is 54.5 Å². The molecular weight excluding hydrogens is 466 g/mol. The van der Waals surface area contributed by atoms with E-state index in [0.29, 0.717) is 35.6 Å². The lowest BCUT2D eigenvalue weighted by molar-refractivity contribution is -0.119. The predicted octanol–water partition coefficient (Wildman–Crippen LogP) is 4.52. The summed E-state index contributed by atoms with van der Waals surface area (Å²) >= 11 is 2.59. The second-order valence-corrected chi connectivity index (χ2v) is 11.5. The summed E-state index contributed by atoms with van der Waals surface area (Å²) in [4.78, 5) is 17.6. The van der Waals surface area contributed by atoms with Gasteiger partial charge in [-0.2, -0.15) is 4.31 Å². The van der Waals surface area contributed by atoms with E-state index in [1.54, 1.807) is 29.6 Å².